The van der Waals surface area contributed by atoms with E-state index < -0.39 is 48.9 Å². The van der Waals surface area contributed by atoms with E-state index in [0.29, 0.717) is 41.6 Å². The summed E-state index contributed by atoms with van der Waals surface area (Å²) in [6, 6.07) is 13.6. The Morgan fingerprint density at radius 3 is 2.05 bits per heavy atom. The van der Waals surface area contributed by atoms with E-state index in [-0.39, 0.29) is 0 Å². The van der Waals surface area contributed by atoms with Gasteiger partial charge >= 0.3 is 0 Å². The predicted octanol–water partition coefficient (Wildman–Crippen LogP) is 1.63. The fraction of sp³-hybridized carbons (Fsp3) is 0.429. The molecule has 0 bridgehead atoms. The van der Waals surface area contributed by atoms with Crippen LogP contribution in [0.15, 0.2) is 54.6 Å². The van der Waals surface area contributed by atoms with Crippen LogP contribution in [-0.4, -0.2) is 82.5 Å². The number of allylic oxidation sites excluding steroid dienone is 1. The van der Waals surface area contributed by atoms with Gasteiger partial charge in [0.25, 0.3) is 0 Å². The molecule has 10 nitrogen and oxygen atoms in total. The molecule has 4 N–H and O–H groups in total. The molecule has 10 heteroatoms. The third-order valence-corrected chi connectivity index (χ3v) is 6.41. The Kier molecular flexibility index (Phi) is 9.48. The second-order valence-electron chi connectivity index (χ2n) is 9.15. The largest absolute Gasteiger partial charge is 0.494 e. The van der Waals surface area contributed by atoms with Crippen LogP contribution in [-0.2, 0) is 14.3 Å². The van der Waals surface area contributed by atoms with Crippen LogP contribution in [0.2, 0.25) is 0 Å². The second-order valence-corrected chi connectivity index (χ2v) is 9.15. The Hall–Kier alpha value is -3.28. The zero-order valence-corrected chi connectivity index (χ0v) is 20.8. The number of aliphatic hydroxyl groups excluding tert-OH is 4. The molecule has 0 amide bonds. The van der Waals surface area contributed by atoms with Crippen LogP contribution in [0.25, 0.3) is 5.76 Å². The summed E-state index contributed by atoms with van der Waals surface area (Å²) in [5, 5.41) is 39.1. The lowest BCUT2D eigenvalue weighted by Crippen LogP contribution is -2.60. The van der Waals surface area contributed by atoms with Gasteiger partial charge in [-0.15, -0.1) is 0 Å². The fourth-order valence-electron chi connectivity index (χ4n) is 4.25. The number of rotatable bonds is 12. The number of aliphatic hydroxyl groups is 4. The molecular weight excluding hydrogens is 496 g/mol. The minimum absolute atomic E-state index is 0.364. The molecule has 38 heavy (non-hydrogen) atoms. The minimum Gasteiger partial charge on any atom is -0.494 e. The number of carbonyl (C=O) groups is 2. The van der Waals surface area contributed by atoms with E-state index in [9.17, 15) is 30.0 Å². The normalized spacial score (nSPS) is 24.9. The first-order valence-corrected chi connectivity index (χ1v) is 12.6. The summed E-state index contributed by atoms with van der Waals surface area (Å²) in [6.45, 7) is 0.432. The molecule has 1 aliphatic carbocycles. The van der Waals surface area contributed by atoms with E-state index in [1.807, 2.05) is 0 Å². The number of ether oxygens (including phenoxy) is 4. The number of hydrogen-bond donors (Lipinski definition) is 4. The van der Waals surface area contributed by atoms with E-state index in [1.54, 1.807) is 48.5 Å². The van der Waals surface area contributed by atoms with Gasteiger partial charge in [0.15, 0.2) is 0 Å². The summed E-state index contributed by atoms with van der Waals surface area (Å²) >= 11 is 0. The lowest BCUT2D eigenvalue weighted by Gasteiger charge is -2.39. The summed E-state index contributed by atoms with van der Waals surface area (Å²) < 4.78 is 22.4. The average molecular weight is 529 g/mol. The highest BCUT2D eigenvalue weighted by Crippen LogP contribution is 2.27. The highest BCUT2D eigenvalue weighted by Gasteiger charge is 2.44. The van der Waals surface area contributed by atoms with Gasteiger partial charge in [-0.3, -0.25) is 9.59 Å². The summed E-state index contributed by atoms with van der Waals surface area (Å²) in [6.07, 6.45) is -1.97. The highest BCUT2D eigenvalue weighted by atomic mass is 16.7. The molecule has 204 valence electrons. The van der Waals surface area contributed by atoms with E-state index >= 15 is 0 Å². The van der Waals surface area contributed by atoms with E-state index in [4.69, 9.17) is 18.9 Å². The average Bonchev–Trinajstić information content (AvgIpc) is 2.94. The van der Waals surface area contributed by atoms with Crippen LogP contribution in [0, 0.1) is 0 Å². The van der Waals surface area contributed by atoms with Crippen molar-refractivity contribution in [3.05, 3.63) is 65.7 Å². The Morgan fingerprint density at radius 2 is 1.37 bits per heavy atom. The smallest absolute Gasteiger partial charge is 0.233 e. The molecule has 0 saturated carbocycles. The van der Waals surface area contributed by atoms with Crippen molar-refractivity contribution in [1.82, 2.24) is 0 Å². The molecular formula is C28H32O10. The second kappa shape index (κ2) is 13.0. The van der Waals surface area contributed by atoms with Gasteiger partial charge in [0.05, 0.1) is 19.8 Å². The van der Waals surface area contributed by atoms with Crippen LogP contribution in [0.4, 0.5) is 0 Å². The van der Waals surface area contributed by atoms with Crippen LogP contribution >= 0.6 is 0 Å². The molecule has 0 aromatic heterocycles. The predicted molar refractivity (Wildman–Crippen MR) is 135 cm³/mol. The van der Waals surface area contributed by atoms with Gasteiger partial charge in [-0.25, -0.2) is 0 Å². The number of hydrogen-bond acceptors (Lipinski definition) is 10. The van der Waals surface area contributed by atoms with Crippen molar-refractivity contribution in [1.29, 1.82) is 0 Å². The van der Waals surface area contributed by atoms with Crippen LogP contribution < -0.4 is 9.47 Å². The molecule has 5 atom stereocenters. The molecule has 2 aromatic carbocycles. The van der Waals surface area contributed by atoms with E-state index in [1.165, 1.54) is 6.08 Å². The van der Waals surface area contributed by atoms with Gasteiger partial charge in [-0.05, 0) is 49.9 Å². The summed E-state index contributed by atoms with van der Waals surface area (Å²) in [4.78, 5) is 23.9. The first-order chi connectivity index (χ1) is 18.4. The third-order valence-electron chi connectivity index (χ3n) is 6.41. The number of fused-ring (bicyclic) bond motifs is 1. The molecule has 1 heterocycles. The summed E-state index contributed by atoms with van der Waals surface area (Å²) in [5.41, 5.74) is 1.02. The molecule has 0 unspecified atom stereocenters. The third kappa shape index (κ3) is 6.58. The molecule has 2 aliphatic rings. The number of benzene rings is 2. The Labute approximate surface area is 220 Å². The molecule has 2 aromatic rings. The van der Waals surface area contributed by atoms with Crippen molar-refractivity contribution in [2.24, 2.45) is 0 Å². The van der Waals surface area contributed by atoms with Gasteiger partial charge in [-0.1, -0.05) is 24.3 Å². The van der Waals surface area contributed by atoms with Gasteiger partial charge in [0.2, 0.25) is 17.9 Å². The van der Waals surface area contributed by atoms with Crippen LogP contribution in [0.1, 0.15) is 41.6 Å². The van der Waals surface area contributed by atoms with Crippen LogP contribution in [0.3, 0.4) is 0 Å². The van der Waals surface area contributed by atoms with Crippen LogP contribution in [0.5, 0.6) is 11.5 Å². The number of carbonyl (C=O) groups excluding carboxylic acids is 2. The summed E-state index contributed by atoms with van der Waals surface area (Å²) in [5.74, 6) is 0.362. The molecule has 0 spiro atoms. The number of unbranched alkanes of at least 4 members (excludes halogenated alkanes) is 3. The molecule has 1 fully saturated rings. The van der Waals surface area contributed by atoms with Crippen molar-refractivity contribution in [2.75, 3.05) is 19.8 Å². The number of ketones is 2. The van der Waals surface area contributed by atoms with Gasteiger partial charge in [0.1, 0.15) is 41.7 Å². The lowest BCUT2D eigenvalue weighted by molar-refractivity contribution is -0.277. The van der Waals surface area contributed by atoms with Crippen molar-refractivity contribution >= 4 is 17.3 Å². The monoisotopic (exact) mass is 528 g/mol. The van der Waals surface area contributed by atoms with E-state index in [0.717, 1.165) is 25.7 Å². The quantitative estimate of drug-likeness (QED) is 0.236. The van der Waals surface area contributed by atoms with E-state index in [2.05, 4.69) is 0 Å². The van der Waals surface area contributed by atoms with Gasteiger partial charge in [0, 0.05) is 17.2 Å². The molecule has 4 rings (SSSR count). The van der Waals surface area contributed by atoms with Crippen molar-refractivity contribution in [2.45, 2.75) is 56.4 Å². The van der Waals surface area contributed by atoms with Crippen molar-refractivity contribution in [3.8, 4) is 11.5 Å². The Morgan fingerprint density at radius 1 is 0.737 bits per heavy atom. The lowest BCUT2D eigenvalue weighted by atomic mass is 9.94. The standard InChI is InChI=1S/C28H32O10/c29-16-23-25(32)26(33)27(34)28(38-23)37-18-11-9-17(10-12-18)35-13-5-1-2-6-14-36-22-15-21(30)24(31)20-8-4-3-7-19(20)22/h3-4,7-12,15,23,25-29,32-34H,1-2,5-6,13-14,16H2/t23-,25-,26+,27-,28-/m1/s1. The summed E-state index contributed by atoms with van der Waals surface area (Å²) in [7, 11) is 0. The molecule has 1 saturated heterocycles. The Balaban J connectivity index is 1.12. The molecule has 1 aliphatic heterocycles. The zero-order valence-electron chi connectivity index (χ0n) is 20.8. The maximum absolute atomic E-state index is 12.0. The first-order valence-electron chi connectivity index (χ1n) is 12.6. The number of Topliss-reactive ketones (excluding diaryl/α,β-unsaturated/α-hetero) is 1. The SMILES string of the molecule is O=C1C=C(OCCCCCCOc2ccc(O[C@@H]3O[C@H](CO)[C@@H](O)[C@H](O)[C@H]3O)cc2)c2ccccc2C1=O. The maximum atomic E-state index is 12.0. The van der Waals surface area contributed by atoms with Crippen molar-refractivity contribution < 1.29 is 49.0 Å². The van der Waals surface area contributed by atoms with Gasteiger partial charge < -0.3 is 39.4 Å². The minimum atomic E-state index is -1.50. The highest BCUT2D eigenvalue weighted by molar-refractivity contribution is 6.50. The first kappa shape index (κ1) is 27.7. The zero-order chi connectivity index (χ0) is 27.1. The fourth-order valence-corrected chi connectivity index (χ4v) is 4.25. The molecule has 0 radical (unpaired) electrons. The van der Waals surface area contributed by atoms with Gasteiger partial charge in [-0.2, -0.15) is 0 Å². The van der Waals surface area contributed by atoms with Crippen molar-refractivity contribution in [3.63, 3.8) is 0 Å². The Bertz CT molecular complexity index is 1130. The topological polar surface area (TPSA) is 152 Å². The maximum Gasteiger partial charge on any atom is 0.233 e.